The molecule has 2 N–H and O–H groups in total. The third kappa shape index (κ3) is 2.45. The minimum Gasteiger partial charge on any atom is -0.369 e. The molecule has 1 aromatic heterocycles. The summed E-state index contributed by atoms with van der Waals surface area (Å²) in [6, 6.07) is 5.44. The van der Waals surface area contributed by atoms with Gasteiger partial charge in [-0.2, -0.15) is 0 Å². The van der Waals surface area contributed by atoms with E-state index in [0.29, 0.717) is 17.5 Å². The van der Waals surface area contributed by atoms with Crippen LogP contribution in [0.25, 0.3) is 11.0 Å². The third-order valence-corrected chi connectivity index (χ3v) is 4.26. The summed E-state index contributed by atoms with van der Waals surface area (Å²) < 4.78 is 13.2. The number of anilines is 1. The van der Waals surface area contributed by atoms with Crippen LogP contribution in [-0.2, 0) is 17.3 Å². The Bertz CT molecular complexity index is 581. The lowest BCUT2D eigenvalue weighted by Gasteiger charge is -2.11. The van der Waals surface area contributed by atoms with E-state index < -0.39 is 10.8 Å². The van der Waals surface area contributed by atoms with Crippen LogP contribution in [0.15, 0.2) is 18.2 Å². The number of hydrogen-bond acceptors (Lipinski definition) is 3. The first-order valence-electron chi connectivity index (χ1n) is 5.22. The van der Waals surface area contributed by atoms with E-state index in [0.717, 1.165) is 11.0 Å². The first-order chi connectivity index (χ1) is 7.99. The molecule has 0 aliphatic heterocycles. The first kappa shape index (κ1) is 12.4. The maximum Gasteiger partial charge on any atom is 0.201 e. The van der Waals surface area contributed by atoms with Crippen LogP contribution < -0.4 is 5.73 Å². The molecule has 92 valence electrons. The van der Waals surface area contributed by atoms with E-state index >= 15 is 0 Å². The van der Waals surface area contributed by atoms with Crippen LogP contribution in [0, 0.1) is 0 Å². The van der Waals surface area contributed by atoms with Crippen LogP contribution in [0.3, 0.4) is 0 Å². The van der Waals surface area contributed by atoms with Gasteiger partial charge in [0.25, 0.3) is 0 Å². The molecular weight excluding hydrogens is 258 g/mol. The molecule has 0 aliphatic rings. The van der Waals surface area contributed by atoms with Crippen LogP contribution in [0.4, 0.5) is 5.95 Å². The minimum atomic E-state index is -0.889. The normalized spacial score (nSPS) is 15.0. The molecule has 0 amide bonds. The molecule has 2 rings (SSSR count). The Balaban J connectivity index is 2.48. The molecule has 0 bridgehead atoms. The van der Waals surface area contributed by atoms with E-state index in [1.807, 2.05) is 23.6 Å². The van der Waals surface area contributed by atoms with E-state index in [1.165, 1.54) is 0 Å². The Kier molecular flexibility index (Phi) is 3.40. The summed E-state index contributed by atoms with van der Waals surface area (Å²) in [5.74, 6) is 0.430. The first-order valence-corrected chi connectivity index (χ1v) is 7.22. The number of fused-ring (bicyclic) bond motifs is 1. The van der Waals surface area contributed by atoms with Crippen molar-refractivity contribution in [3.63, 3.8) is 0 Å². The van der Waals surface area contributed by atoms with Gasteiger partial charge in [0.1, 0.15) is 0 Å². The maximum atomic E-state index is 11.4. The highest BCUT2D eigenvalue weighted by molar-refractivity contribution is 7.84. The highest BCUT2D eigenvalue weighted by atomic mass is 35.5. The zero-order valence-corrected chi connectivity index (χ0v) is 11.3. The minimum absolute atomic E-state index is 0.0219. The van der Waals surface area contributed by atoms with Crippen molar-refractivity contribution in [2.75, 3.05) is 12.0 Å². The second kappa shape index (κ2) is 4.66. The van der Waals surface area contributed by atoms with Crippen molar-refractivity contribution in [3.05, 3.63) is 23.2 Å². The molecular formula is C11H14ClN3OS. The molecule has 2 atom stereocenters. The molecule has 0 spiro atoms. The van der Waals surface area contributed by atoms with Crippen LogP contribution in [0.2, 0.25) is 5.02 Å². The quantitative estimate of drug-likeness (QED) is 0.929. The van der Waals surface area contributed by atoms with Gasteiger partial charge in [-0.25, -0.2) is 4.98 Å². The second-order valence-corrected chi connectivity index (χ2v) is 6.26. The predicted octanol–water partition coefficient (Wildman–Crippen LogP) is 2.04. The fourth-order valence-corrected chi connectivity index (χ4v) is 2.19. The van der Waals surface area contributed by atoms with Crippen molar-refractivity contribution in [1.29, 1.82) is 0 Å². The van der Waals surface area contributed by atoms with Gasteiger partial charge in [-0.1, -0.05) is 11.6 Å². The molecule has 2 unspecified atom stereocenters. The number of nitrogens with zero attached hydrogens (tertiary/aromatic N) is 2. The van der Waals surface area contributed by atoms with Gasteiger partial charge in [0, 0.05) is 33.9 Å². The highest BCUT2D eigenvalue weighted by Crippen LogP contribution is 2.22. The summed E-state index contributed by atoms with van der Waals surface area (Å²) in [6.07, 6.45) is 1.69. The molecule has 17 heavy (non-hydrogen) atoms. The summed E-state index contributed by atoms with van der Waals surface area (Å²) >= 11 is 5.96. The number of nitrogens with two attached hydrogens (primary N) is 1. The Morgan fingerprint density at radius 2 is 2.29 bits per heavy atom. The summed E-state index contributed by atoms with van der Waals surface area (Å²) in [4.78, 5) is 4.25. The van der Waals surface area contributed by atoms with Gasteiger partial charge >= 0.3 is 0 Å². The molecule has 4 nitrogen and oxygen atoms in total. The lowest BCUT2D eigenvalue weighted by molar-refractivity contribution is 0.653. The molecule has 0 saturated carbocycles. The Hall–Kier alpha value is -1.07. The molecule has 0 radical (unpaired) electrons. The molecule has 1 aromatic carbocycles. The average Bonchev–Trinajstić information content (AvgIpc) is 2.55. The van der Waals surface area contributed by atoms with E-state index in [4.69, 9.17) is 17.3 Å². The zero-order chi connectivity index (χ0) is 12.6. The fourth-order valence-electron chi connectivity index (χ4n) is 1.67. The van der Waals surface area contributed by atoms with Crippen molar-refractivity contribution < 1.29 is 4.21 Å². The monoisotopic (exact) mass is 271 g/mol. The number of benzene rings is 1. The van der Waals surface area contributed by atoms with Crippen LogP contribution >= 0.6 is 11.6 Å². The van der Waals surface area contributed by atoms with Crippen molar-refractivity contribution in [2.45, 2.75) is 18.7 Å². The third-order valence-electron chi connectivity index (χ3n) is 2.75. The van der Waals surface area contributed by atoms with E-state index in [9.17, 15) is 4.21 Å². The lowest BCUT2D eigenvalue weighted by atomic mass is 10.3. The van der Waals surface area contributed by atoms with Gasteiger partial charge in [0.05, 0.1) is 11.0 Å². The molecule has 2 aromatic rings. The number of aromatic nitrogens is 2. The molecule has 0 saturated heterocycles. The Morgan fingerprint density at radius 3 is 2.94 bits per heavy atom. The molecule has 1 heterocycles. The smallest absolute Gasteiger partial charge is 0.201 e. The predicted molar refractivity (Wildman–Crippen MR) is 72.7 cm³/mol. The van der Waals surface area contributed by atoms with Crippen molar-refractivity contribution in [3.8, 4) is 0 Å². The summed E-state index contributed by atoms with van der Waals surface area (Å²) in [5.41, 5.74) is 7.55. The Morgan fingerprint density at radius 1 is 1.59 bits per heavy atom. The maximum absolute atomic E-state index is 11.4. The van der Waals surface area contributed by atoms with Gasteiger partial charge in [0.2, 0.25) is 5.95 Å². The van der Waals surface area contributed by atoms with Gasteiger partial charge in [-0.15, -0.1) is 0 Å². The average molecular weight is 272 g/mol. The van der Waals surface area contributed by atoms with Gasteiger partial charge in [0.15, 0.2) is 0 Å². The number of hydrogen-bond donors (Lipinski definition) is 1. The zero-order valence-electron chi connectivity index (χ0n) is 9.68. The van der Waals surface area contributed by atoms with Gasteiger partial charge in [-0.3, -0.25) is 4.21 Å². The van der Waals surface area contributed by atoms with Crippen molar-refractivity contribution in [1.82, 2.24) is 9.55 Å². The number of rotatable bonds is 3. The van der Waals surface area contributed by atoms with E-state index in [1.54, 1.807) is 12.3 Å². The van der Waals surface area contributed by atoms with Crippen molar-refractivity contribution >= 4 is 39.4 Å². The van der Waals surface area contributed by atoms with Crippen LogP contribution in [0.1, 0.15) is 6.92 Å². The molecule has 0 fully saturated rings. The number of imidazole rings is 1. The highest BCUT2D eigenvalue weighted by Gasteiger charge is 2.13. The summed E-state index contributed by atoms with van der Waals surface area (Å²) in [5, 5.41) is 0.664. The largest absolute Gasteiger partial charge is 0.369 e. The SMILES string of the molecule is CC(Cn1c(N)nc2ccc(Cl)cc21)S(C)=O. The van der Waals surface area contributed by atoms with Crippen LogP contribution in [0.5, 0.6) is 0 Å². The second-order valence-electron chi connectivity index (χ2n) is 4.02. The van der Waals surface area contributed by atoms with E-state index in [-0.39, 0.29) is 5.25 Å². The van der Waals surface area contributed by atoms with Crippen molar-refractivity contribution in [2.24, 2.45) is 0 Å². The van der Waals surface area contributed by atoms with E-state index in [2.05, 4.69) is 4.98 Å². The molecule has 6 heteroatoms. The van der Waals surface area contributed by atoms with Gasteiger partial charge < -0.3 is 10.3 Å². The standard InChI is InChI=1S/C11H14ClN3OS/c1-7(17(2)16)6-15-10-5-8(12)3-4-9(10)14-11(15)13/h3-5,7H,6H2,1-2H3,(H2,13,14). The summed E-state index contributed by atoms with van der Waals surface area (Å²) in [7, 11) is -0.889. The molecule has 0 aliphatic carbocycles. The van der Waals surface area contributed by atoms with Crippen LogP contribution in [-0.4, -0.2) is 25.3 Å². The number of halogens is 1. The van der Waals surface area contributed by atoms with Gasteiger partial charge in [-0.05, 0) is 25.1 Å². The number of nitrogen functional groups attached to an aromatic ring is 1. The fraction of sp³-hybridized carbons (Fsp3) is 0.364. The lowest BCUT2D eigenvalue weighted by Crippen LogP contribution is -2.18. The Labute approximate surface area is 107 Å². The topological polar surface area (TPSA) is 60.9 Å². The summed E-state index contributed by atoms with van der Waals surface area (Å²) in [6.45, 7) is 2.50.